The van der Waals surface area contributed by atoms with Crippen LogP contribution >= 0.6 is 0 Å². The summed E-state index contributed by atoms with van der Waals surface area (Å²) < 4.78 is 8.93. The zero-order valence-corrected chi connectivity index (χ0v) is 17.6. The van der Waals surface area contributed by atoms with Gasteiger partial charge in [-0.1, -0.05) is 36.8 Å². The first-order valence-corrected chi connectivity index (χ1v) is 11.3. The molecule has 30 heavy (non-hydrogen) atoms. The van der Waals surface area contributed by atoms with Crippen molar-refractivity contribution in [1.82, 2.24) is 0 Å². The third-order valence-electron chi connectivity index (χ3n) is 8.12. The van der Waals surface area contributed by atoms with Crippen LogP contribution in [-0.2, 0) is 7.05 Å². The van der Waals surface area contributed by atoms with Gasteiger partial charge in [0, 0.05) is 6.07 Å². The van der Waals surface area contributed by atoms with Crippen LogP contribution in [0.1, 0.15) is 42.7 Å². The second kappa shape index (κ2) is 5.85. The Balaban J connectivity index is 1.51. The Morgan fingerprint density at radius 2 is 1.83 bits per heavy atom. The first-order valence-electron chi connectivity index (χ1n) is 11.3. The van der Waals surface area contributed by atoms with Crippen molar-refractivity contribution in [2.24, 2.45) is 18.9 Å². The van der Waals surface area contributed by atoms with E-state index in [0.29, 0.717) is 5.92 Å². The summed E-state index contributed by atoms with van der Waals surface area (Å²) in [6.45, 7) is 2.23. The average Bonchev–Trinajstić information content (AvgIpc) is 3.39. The summed E-state index contributed by atoms with van der Waals surface area (Å²) >= 11 is 0. The minimum atomic E-state index is 0.713. The van der Waals surface area contributed by atoms with Crippen LogP contribution in [0.2, 0.25) is 0 Å². The number of benzene rings is 3. The van der Waals surface area contributed by atoms with E-state index >= 15 is 0 Å². The van der Waals surface area contributed by atoms with Gasteiger partial charge >= 0.3 is 0 Å². The van der Waals surface area contributed by atoms with Crippen LogP contribution in [0.3, 0.4) is 0 Å². The topological polar surface area (TPSA) is 13.1 Å². The molecule has 4 aromatic rings. The number of ether oxygens (including phenoxy) is 1. The van der Waals surface area contributed by atoms with Crippen molar-refractivity contribution in [3.63, 3.8) is 0 Å². The molecule has 1 aromatic heterocycles. The Morgan fingerprint density at radius 1 is 0.933 bits per heavy atom. The molecule has 0 saturated heterocycles. The van der Waals surface area contributed by atoms with E-state index in [1.807, 2.05) is 0 Å². The maximum absolute atomic E-state index is 6.66. The minimum Gasteiger partial charge on any atom is -0.456 e. The zero-order valence-electron chi connectivity index (χ0n) is 17.6. The Labute approximate surface area is 177 Å². The standard InChI is InChI=1S/C28H26NO/c1-16-22-6-4-3-5-18(22)14-24-26(16)28-27-20(9-10-29(28)2)13-21(15-25(27)30-24)23-12-17-7-8-19(23)11-17/h3-6,9-10,13-15,17,19,23H,7-8,11-12H2,1-2H3/q+1. The van der Waals surface area contributed by atoms with Crippen molar-refractivity contribution >= 4 is 21.5 Å². The molecule has 2 heterocycles. The van der Waals surface area contributed by atoms with Crippen LogP contribution < -0.4 is 9.30 Å². The smallest absolute Gasteiger partial charge is 0.228 e. The number of nitrogens with zero attached hydrogens (tertiary/aromatic N) is 1. The summed E-state index contributed by atoms with van der Waals surface area (Å²) in [5, 5.41) is 5.13. The maximum Gasteiger partial charge on any atom is 0.228 e. The molecule has 2 heteroatoms. The summed E-state index contributed by atoms with van der Waals surface area (Å²) in [5.74, 6) is 4.57. The summed E-state index contributed by atoms with van der Waals surface area (Å²) in [7, 11) is 2.16. The minimum absolute atomic E-state index is 0.713. The third kappa shape index (κ3) is 2.17. The highest BCUT2D eigenvalue weighted by Gasteiger charge is 2.41. The van der Waals surface area contributed by atoms with Crippen LogP contribution in [0.25, 0.3) is 32.8 Å². The van der Waals surface area contributed by atoms with Crippen LogP contribution in [0, 0.1) is 18.8 Å². The number of rotatable bonds is 1. The van der Waals surface area contributed by atoms with Crippen LogP contribution in [0.15, 0.2) is 54.7 Å². The predicted molar refractivity (Wildman–Crippen MR) is 121 cm³/mol. The molecule has 148 valence electrons. The molecule has 0 N–H and O–H groups in total. The Bertz CT molecular complexity index is 1370. The fraction of sp³-hybridized carbons (Fsp3) is 0.321. The van der Waals surface area contributed by atoms with Gasteiger partial charge in [-0.25, -0.2) is 4.57 Å². The quantitative estimate of drug-likeness (QED) is 0.286. The largest absolute Gasteiger partial charge is 0.456 e. The van der Waals surface area contributed by atoms with Crippen molar-refractivity contribution in [2.75, 3.05) is 0 Å². The molecular formula is C28H26NO+. The van der Waals surface area contributed by atoms with Gasteiger partial charge in [-0.2, -0.15) is 0 Å². The van der Waals surface area contributed by atoms with E-state index in [4.69, 9.17) is 4.74 Å². The molecule has 2 fully saturated rings. The number of aromatic nitrogens is 1. The van der Waals surface area contributed by atoms with Gasteiger partial charge in [0.2, 0.25) is 5.69 Å². The number of hydrogen-bond acceptors (Lipinski definition) is 1. The van der Waals surface area contributed by atoms with Crippen molar-refractivity contribution < 1.29 is 9.30 Å². The van der Waals surface area contributed by atoms with Gasteiger partial charge in [-0.05, 0) is 83.4 Å². The monoisotopic (exact) mass is 392 g/mol. The van der Waals surface area contributed by atoms with E-state index in [0.717, 1.165) is 23.3 Å². The number of hydrogen-bond donors (Lipinski definition) is 0. The number of pyridine rings is 1. The molecule has 3 aliphatic rings. The van der Waals surface area contributed by atoms with E-state index in [1.165, 1.54) is 69.6 Å². The van der Waals surface area contributed by atoms with Crippen molar-refractivity contribution in [3.05, 3.63) is 65.9 Å². The van der Waals surface area contributed by atoms with Gasteiger partial charge in [0.15, 0.2) is 6.20 Å². The predicted octanol–water partition coefficient (Wildman–Crippen LogP) is 6.80. The molecule has 3 atom stereocenters. The molecule has 0 amide bonds. The van der Waals surface area contributed by atoms with E-state index in [9.17, 15) is 0 Å². The molecular weight excluding hydrogens is 366 g/mol. The van der Waals surface area contributed by atoms with Crippen LogP contribution in [0.4, 0.5) is 0 Å². The Hall–Kier alpha value is -2.87. The lowest BCUT2D eigenvalue weighted by molar-refractivity contribution is -0.659. The van der Waals surface area contributed by atoms with Gasteiger partial charge in [0.25, 0.3) is 0 Å². The highest BCUT2D eigenvalue weighted by molar-refractivity contribution is 6.05. The van der Waals surface area contributed by atoms with Crippen molar-refractivity contribution in [2.45, 2.75) is 38.5 Å². The molecule has 0 spiro atoms. The van der Waals surface area contributed by atoms with Crippen LogP contribution in [-0.4, -0.2) is 0 Å². The second-order valence-electron chi connectivity index (χ2n) is 9.74. The first-order chi connectivity index (χ1) is 14.7. The lowest BCUT2D eigenvalue weighted by Crippen LogP contribution is -2.31. The second-order valence-corrected chi connectivity index (χ2v) is 9.74. The molecule has 2 saturated carbocycles. The van der Waals surface area contributed by atoms with Crippen LogP contribution in [0.5, 0.6) is 11.5 Å². The summed E-state index contributed by atoms with van der Waals surface area (Å²) in [6, 6.07) is 18.0. The molecule has 1 aliphatic heterocycles. The molecule has 7 rings (SSSR count). The van der Waals surface area contributed by atoms with E-state index in [1.54, 1.807) is 0 Å². The lowest BCUT2D eigenvalue weighted by Gasteiger charge is -2.26. The fourth-order valence-corrected chi connectivity index (χ4v) is 6.73. The SMILES string of the molecule is Cc1c2c(cc3ccccc13)Oc1cc(C3CC4CCC3C4)cc3cc[n+](C)c-2c13. The summed E-state index contributed by atoms with van der Waals surface area (Å²) in [5.41, 5.74) is 5.31. The highest BCUT2D eigenvalue weighted by atomic mass is 16.5. The van der Waals surface area contributed by atoms with Gasteiger partial charge in [-0.3, -0.25) is 0 Å². The van der Waals surface area contributed by atoms with Gasteiger partial charge in [0.1, 0.15) is 18.5 Å². The summed E-state index contributed by atoms with van der Waals surface area (Å²) in [6.07, 6.45) is 7.87. The maximum atomic E-state index is 6.66. The Morgan fingerprint density at radius 3 is 2.67 bits per heavy atom. The lowest BCUT2D eigenvalue weighted by atomic mass is 9.82. The fourth-order valence-electron chi connectivity index (χ4n) is 6.73. The highest BCUT2D eigenvalue weighted by Crippen LogP contribution is 2.55. The third-order valence-corrected chi connectivity index (χ3v) is 8.12. The average molecular weight is 393 g/mol. The molecule has 0 radical (unpaired) electrons. The van der Waals surface area contributed by atoms with Crippen molar-refractivity contribution in [1.29, 1.82) is 0 Å². The molecule has 3 unspecified atom stereocenters. The van der Waals surface area contributed by atoms with E-state index < -0.39 is 0 Å². The zero-order chi connectivity index (χ0) is 20.0. The van der Waals surface area contributed by atoms with E-state index in [2.05, 4.69) is 73.3 Å². The molecule has 2 nitrogen and oxygen atoms in total. The molecule has 2 aliphatic carbocycles. The van der Waals surface area contributed by atoms with Gasteiger partial charge in [-0.15, -0.1) is 0 Å². The van der Waals surface area contributed by atoms with Gasteiger partial charge in [0.05, 0.1) is 10.9 Å². The summed E-state index contributed by atoms with van der Waals surface area (Å²) in [4.78, 5) is 0. The Kier molecular flexibility index (Phi) is 3.29. The first kappa shape index (κ1) is 16.9. The molecule has 3 aromatic carbocycles. The molecule has 2 bridgehead atoms. The normalized spacial score (nSPS) is 23.7. The van der Waals surface area contributed by atoms with E-state index in [-0.39, 0.29) is 0 Å². The van der Waals surface area contributed by atoms with Gasteiger partial charge < -0.3 is 4.74 Å². The number of aryl methyl sites for hydroxylation is 2. The van der Waals surface area contributed by atoms with Crippen molar-refractivity contribution in [3.8, 4) is 22.8 Å². The number of fused-ring (bicyclic) bond motifs is 5.